The molecule has 0 heterocycles. The summed E-state index contributed by atoms with van der Waals surface area (Å²) in [6.07, 6.45) is 4.09. The molecule has 0 spiro atoms. The lowest BCUT2D eigenvalue weighted by atomic mass is 10.0. The molecule has 0 aromatic heterocycles. The van der Waals surface area contributed by atoms with Gasteiger partial charge in [0, 0.05) is 6.04 Å². The molecule has 130 valence electrons. The van der Waals surface area contributed by atoms with E-state index in [0.29, 0.717) is 25.0 Å². The molecule has 2 unspecified atom stereocenters. The first-order valence-electron chi connectivity index (χ1n) is 8.47. The second-order valence-corrected chi connectivity index (χ2v) is 6.34. The maximum absolute atomic E-state index is 11.7. The first-order valence-corrected chi connectivity index (χ1v) is 8.47. The van der Waals surface area contributed by atoms with Gasteiger partial charge in [-0.05, 0) is 25.2 Å². The summed E-state index contributed by atoms with van der Waals surface area (Å²) in [5.74, 6) is 0.430. The highest BCUT2D eigenvalue weighted by Crippen LogP contribution is 2.12. The molecule has 0 aliphatic heterocycles. The third-order valence-corrected chi connectivity index (χ3v) is 3.41. The van der Waals surface area contributed by atoms with E-state index in [1.165, 1.54) is 0 Å². The number of amides is 1. The molecule has 5 nitrogen and oxygen atoms in total. The van der Waals surface area contributed by atoms with Crippen LogP contribution in [-0.4, -0.2) is 31.3 Å². The minimum Gasteiger partial charge on any atom is -0.465 e. The Labute approximate surface area is 135 Å². The molecule has 0 rings (SSSR count). The van der Waals surface area contributed by atoms with E-state index in [-0.39, 0.29) is 18.4 Å². The number of alkyl carbamates (subject to hydrolysis) is 1. The maximum Gasteiger partial charge on any atom is 0.407 e. The summed E-state index contributed by atoms with van der Waals surface area (Å²) in [5.41, 5.74) is 0. The Balaban J connectivity index is 3.91. The normalized spacial score (nSPS) is 13.5. The van der Waals surface area contributed by atoms with Crippen molar-refractivity contribution in [3.05, 3.63) is 0 Å². The van der Waals surface area contributed by atoms with Gasteiger partial charge in [-0.15, -0.1) is 0 Å². The van der Waals surface area contributed by atoms with Gasteiger partial charge in [0.2, 0.25) is 0 Å². The molecule has 0 aliphatic rings. The van der Waals surface area contributed by atoms with E-state index in [1.54, 1.807) is 6.92 Å². The summed E-state index contributed by atoms with van der Waals surface area (Å²) in [7, 11) is 0. The number of carbonyl (C=O) groups excluding carboxylic acids is 2. The zero-order chi connectivity index (χ0) is 17.0. The van der Waals surface area contributed by atoms with Gasteiger partial charge in [0.15, 0.2) is 0 Å². The Morgan fingerprint density at radius 3 is 2.27 bits per heavy atom. The van der Waals surface area contributed by atoms with Crippen LogP contribution in [0.3, 0.4) is 0 Å². The molecule has 2 atom stereocenters. The quantitative estimate of drug-likeness (QED) is 0.587. The summed E-state index contributed by atoms with van der Waals surface area (Å²) in [5, 5.41) is 2.67. The van der Waals surface area contributed by atoms with Crippen LogP contribution < -0.4 is 5.32 Å². The molecule has 0 aliphatic carbocycles. The Kier molecular flexibility index (Phi) is 11.6. The van der Waals surface area contributed by atoms with Crippen molar-refractivity contribution in [2.24, 2.45) is 11.8 Å². The van der Waals surface area contributed by atoms with Crippen molar-refractivity contribution in [2.75, 3.05) is 13.2 Å². The lowest BCUT2D eigenvalue weighted by molar-refractivity contribution is -0.145. The fraction of sp³-hybridized carbons (Fsp3) is 0.882. The number of hydrogen-bond acceptors (Lipinski definition) is 4. The monoisotopic (exact) mass is 315 g/mol. The van der Waals surface area contributed by atoms with Gasteiger partial charge in [-0.3, -0.25) is 4.79 Å². The zero-order valence-corrected chi connectivity index (χ0v) is 14.8. The lowest BCUT2D eigenvalue weighted by Crippen LogP contribution is -2.36. The summed E-state index contributed by atoms with van der Waals surface area (Å²) in [6, 6.07) is -0.289. The minimum atomic E-state index is -0.459. The Morgan fingerprint density at radius 2 is 1.73 bits per heavy atom. The first kappa shape index (κ1) is 20.7. The molecule has 0 aromatic carbocycles. The standard InChI is InChI=1S/C17H33NO4/c1-6-8-9-15(7-2)12-22-17(20)18-14(5)10-16(19)21-11-13(3)4/h13-15H,6-12H2,1-5H3,(H,18,20). The summed E-state index contributed by atoms with van der Waals surface area (Å²) in [4.78, 5) is 23.3. The van der Waals surface area contributed by atoms with Crippen LogP contribution in [-0.2, 0) is 14.3 Å². The van der Waals surface area contributed by atoms with Crippen molar-refractivity contribution in [3.8, 4) is 0 Å². The van der Waals surface area contributed by atoms with Gasteiger partial charge in [-0.1, -0.05) is 47.0 Å². The lowest BCUT2D eigenvalue weighted by Gasteiger charge is -2.17. The number of hydrogen-bond donors (Lipinski definition) is 1. The number of unbranched alkanes of at least 4 members (excludes halogenated alkanes) is 1. The van der Waals surface area contributed by atoms with Crippen molar-refractivity contribution in [2.45, 2.75) is 72.8 Å². The molecule has 0 bridgehead atoms. The summed E-state index contributed by atoms with van der Waals surface area (Å²) in [6.45, 7) is 10.8. The number of nitrogens with one attached hydrogen (secondary N) is 1. The van der Waals surface area contributed by atoms with Crippen molar-refractivity contribution in [1.82, 2.24) is 5.32 Å². The molecule has 1 N–H and O–H groups in total. The zero-order valence-electron chi connectivity index (χ0n) is 14.8. The van der Waals surface area contributed by atoms with Crippen molar-refractivity contribution < 1.29 is 19.1 Å². The number of esters is 1. The molecular formula is C17H33NO4. The van der Waals surface area contributed by atoms with Crippen LogP contribution in [0.2, 0.25) is 0 Å². The van der Waals surface area contributed by atoms with Gasteiger partial charge in [0.05, 0.1) is 19.6 Å². The summed E-state index contributed by atoms with van der Waals surface area (Å²) < 4.78 is 10.3. The SMILES string of the molecule is CCCCC(CC)COC(=O)NC(C)CC(=O)OCC(C)C. The van der Waals surface area contributed by atoms with E-state index < -0.39 is 6.09 Å². The largest absolute Gasteiger partial charge is 0.465 e. The smallest absolute Gasteiger partial charge is 0.407 e. The van der Waals surface area contributed by atoms with Gasteiger partial charge < -0.3 is 14.8 Å². The fourth-order valence-corrected chi connectivity index (χ4v) is 1.95. The highest BCUT2D eigenvalue weighted by Gasteiger charge is 2.15. The van der Waals surface area contributed by atoms with Gasteiger partial charge in [-0.25, -0.2) is 4.79 Å². The van der Waals surface area contributed by atoms with E-state index in [9.17, 15) is 9.59 Å². The van der Waals surface area contributed by atoms with Crippen LogP contribution in [0, 0.1) is 11.8 Å². The molecule has 22 heavy (non-hydrogen) atoms. The van der Waals surface area contributed by atoms with E-state index in [4.69, 9.17) is 9.47 Å². The summed E-state index contributed by atoms with van der Waals surface area (Å²) >= 11 is 0. The van der Waals surface area contributed by atoms with E-state index in [1.807, 2.05) is 13.8 Å². The topological polar surface area (TPSA) is 64.6 Å². The third-order valence-electron chi connectivity index (χ3n) is 3.41. The van der Waals surface area contributed by atoms with Crippen LogP contribution in [0.1, 0.15) is 66.7 Å². The van der Waals surface area contributed by atoms with Crippen molar-refractivity contribution >= 4 is 12.1 Å². The number of ether oxygens (including phenoxy) is 2. The number of carbonyl (C=O) groups is 2. The first-order chi connectivity index (χ1) is 10.4. The van der Waals surface area contributed by atoms with Crippen LogP contribution in [0.5, 0.6) is 0 Å². The minimum absolute atomic E-state index is 0.162. The van der Waals surface area contributed by atoms with Crippen molar-refractivity contribution in [3.63, 3.8) is 0 Å². The Bertz CT molecular complexity index is 318. The molecule has 1 amide bonds. The van der Waals surface area contributed by atoms with Crippen LogP contribution in [0.4, 0.5) is 4.79 Å². The van der Waals surface area contributed by atoms with E-state index in [2.05, 4.69) is 19.2 Å². The molecule has 0 radical (unpaired) electrons. The maximum atomic E-state index is 11.7. The van der Waals surface area contributed by atoms with Gasteiger partial charge in [-0.2, -0.15) is 0 Å². The predicted molar refractivity (Wildman–Crippen MR) is 87.7 cm³/mol. The Morgan fingerprint density at radius 1 is 1.05 bits per heavy atom. The van der Waals surface area contributed by atoms with E-state index in [0.717, 1.165) is 25.7 Å². The molecule has 0 saturated carbocycles. The van der Waals surface area contributed by atoms with Gasteiger partial charge in [0.1, 0.15) is 0 Å². The van der Waals surface area contributed by atoms with Crippen LogP contribution in [0.15, 0.2) is 0 Å². The fourth-order valence-electron chi connectivity index (χ4n) is 1.95. The van der Waals surface area contributed by atoms with Crippen LogP contribution >= 0.6 is 0 Å². The average molecular weight is 315 g/mol. The predicted octanol–water partition coefficient (Wildman–Crippen LogP) is 3.91. The second kappa shape index (κ2) is 12.3. The molecular weight excluding hydrogens is 282 g/mol. The van der Waals surface area contributed by atoms with Crippen LogP contribution in [0.25, 0.3) is 0 Å². The van der Waals surface area contributed by atoms with Crippen molar-refractivity contribution in [1.29, 1.82) is 0 Å². The second-order valence-electron chi connectivity index (χ2n) is 6.34. The van der Waals surface area contributed by atoms with E-state index >= 15 is 0 Å². The molecule has 5 heteroatoms. The molecule has 0 aromatic rings. The number of rotatable bonds is 11. The molecule has 0 fully saturated rings. The third kappa shape index (κ3) is 11.4. The van der Waals surface area contributed by atoms with Gasteiger partial charge >= 0.3 is 12.1 Å². The molecule has 0 saturated heterocycles. The highest BCUT2D eigenvalue weighted by atomic mass is 16.5. The van der Waals surface area contributed by atoms with Gasteiger partial charge in [0.25, 0.3) is 0 Å². The highest BCUT2D eigenvalue weighted by molar-refractivity contribution is 5.72. The Hall–Kier alpha value is -1.26. The average Bonchev–Trinajstić information content (AvgIpc) is 2.45.